The quantitative estimate of drug-likeness (QED) is 0.630. The van der Waals surface area contributed by atoms with Crippen molar-refractivity contribution < 1.29 is 4.79 Å². The minimum absolute atomic E-state index is 0.642. The molecule has 1 heterocycles. The Morgan fingerprint density at radius 2 is 2.00 bits per heavy atom. The van der Waals surface area contributed by atoms with Crippen molar-refractivity contribution in [2.24, 2.45) is 0 Å². The van der Waals surface area contributed by atoms with Crippen molar-refractivity contribution >= 4 is 17.7 Å². The highest BCUT2D eigenvalue weighted by Crippen LogP contribution is 2.22. The smallest absolute Gasteiger partial charge is 0.152 e. The maximum Gasteiger partial charge on any atom is 0.152 e. The Kier molecular flexibility index (Phi) is 3.64. The van der Waals surface area contributed by atoms with Crippen molar-refractivity contribution in [2.45, 2.75) is 6.92 Å². The van der Waals surface area contributed by atoms with E-state index in [1.165, 1.54) is 0 Å². The Bertz CT molecular complexity index is 398. The average molecular weight is 233 g/mol. The van der Waals surface area contributed by atoms with Gasteiger partial charge in [0.05, 0.1) is 0 Å². The predicted molar refractivity (Wildman–Crippen MR) is 70.6 cm³/mol. The maximum absolute atomic E-state index is 11.1. The molecule has 1 fully saturated rings. The van der Waals surface area contributed by atoms with Gasteiger partial charge in [0.2, 0.25) is 0 Å². The number of nitrogens with two attached hydrogens (primary N) is 1. The average Bonchev–Trinajstić information content (AvgIpc) is 2.39. The molecule has 0 radical (unpaired) electrons. The Labute approximate surface area is 102 Å². The van der Waals surface area contributed by atoms with Crippen molar-refractivity contribution in [3.8, 4) is 0 Å². The van der Waals surface area contributed by atoms with Crippen LogP contribution in [0.5, 0.6) is 0 Å². The number of benzene rings is 1. The molecule has 4 nitrogen and oxygen atoms in total. The first-order valence-corrected chi connectivity index (χ1v) is 6.06. The lowest BCUT2D eigenvalue weighted by Gasteiger charge is -2.36. The summed E-state index contributed by atoms with van der Waals surface area (Å²) in [5.74, 6) is 0. The minimum Gasteiger partial charge on any atom is -0.399 e. The summed E-state index contributed by atoms with van der Waals surface area (Å²) in [5.41, 5.74) is 8.03. The van der Waals surface area contributed by atoms with E-state index in [-0.39, 0.29) is 0 Å². The summed E-state index contributed by atoms with van der Waals surface area (Å²) in [4.78, 5) is 15.7. The summed E-state index contributed by atoms with van der Waals surface area (Å²) in [6, 6.07) is 5.55. The second-order valence-corrected chi connectivity index (χ2v) is 4.36. The summed E-state index contributed by atoms with van der Waals surface area (Å²) in [5, 5.41) is 0. The number of anilines is 2. The summed E-state index contributed by atoms with van der Waals surface area (Å²) in [6.07, 6.45) is 0.887. The Balaban J connectivity index is 2.15. The minimum atomic E-state index is 0.642. The largest absolute Gasteiger partial charge is 0.399 e. The van der Waals surface area contributed by atoms with E-state index in [0.29, 0.717) is 11.3 Å². The molecule has 17 heavy (non-hydrogen) atoms. The van der Waals surface area contributed by atoms with Crippen molar-refractivity contribution in [2.75, 3.05) is 43.4 Å². The first-order chi connectivity index (χ1) is 8.24. The molecule has 1 saturated heterocycles. The van der Waals surface area contributed by atoms with Crippen LogP contribution >= 0.6 is 0 Å². The van der Waals surface area contributed by atoms with Crippen LogP contribution in [0.3, 0.4) is 0 Å². The lowest BCUT2D eigenvalue weighted by Crippen LogP contribution is -2.46. The van der Waals surface area contributed by atoms with E-state index < -0.39 is 0 Å². The van der Waals surface area contributed by atoms with Gasteiger partial charge in [0.25, 0.3) is 0 Å². The number of likely N-dealkylation sites (N-methyl/N-ethyl adjacent to an activating group) is 1. The van der Waals surface area contributed by atoms with Crippen LogP contribution in [0, 0.1) is 0 Å². The molecule has 92 valence electrons. The van der Waals surface area contributed by atoms with Gasteiger partial charge in [0, 0.05) is 43.1 Å². The molecule has 1 aliphatic heterocycles. The zero-order valence-corrected chi connectivity index (χ0v) is 10.2. The second-order valence-electron chi connectivity index (χ2n) is 4.36. The number of piperazine rings is 1. The third-order valence-electron chi connectivity index (χ3n) is 3.34. The molecule has 2 rings (SSSR count). The normalized spacial score (nSPS) is 17.1. The van der Waals surface area contributed by atoms with Gasteiger partial charge in [-0.25, -0.2) is 0 Å². The van der Waals surface area contributed by atoms with E-state index in [1.807, 2.05) is 12.1 Å². The van der Waals surface area contributed by atoms with Gasteiger partial charge >= 0.3 is 0 Å². The molecule has 1 aromatic rings. The van der Waals surface area contributed by atoms with Crippen LogP contribution in [0.15, 0.2) is 18.2 Å². The third-order valence-corrected chi connectivity index (χ3v) is 3.34. The lowest BCUT2D eigenvalue weighted by molar-refractivity contribution is 0.112. The zero-order chi connectivity index (χ0) is 12.3. The monoisotopic (exact) mass is 233 g/mol. The predicted octanol–water partition coefficient (Wildman–Crippen LogP) is 1.22. The Hall–Kier alpha value is -1.55. The van der Waals surface area contributed by atoms with Crippen molar-refractivity contribution in [1.82, 2.24) is 4.90 Å². The van der Waals surface area contributed by atoms with E-state index in [2.05, 4.69) is 16.7 Å². The van der Waals surface area contributed by atoms with Crippen molar-refractivity contribution in [1.29, 1.82) is 0 Å². The molecule has 0 atom stereocenters. The number of aldehydes is 1. The van der Waals surface area contributed by atoms with Crippen molar-refractivity contribution in [3.05, 3.63) is 23.8 Å². The fraction of sp³-hybridized carbons (Fsp3) is 0.462. The summed E-state index contributed by atoms with van der Waals surface area (Å²) in [6.45, 7) is 7.32. The standard InChI is InChI=1S/C13H19N3O/c1-2-15-5-7-16(8-6-15)13-4-3-12(14)9-11(13)10-17/h3-4,9-10H,2,5-8,14H2,1H3. The lowest BCUT2D eigenvalue weighted by atomic mass is 10.1. The number of rotatable bonds is 3. The number of nitrogen functional groups attached to an aromatic ring is 1. The van der Waals surface area contributed by atoms with Gasteiger partial charge in [-0.2, -0.15) is 0 Å². The highest BCUT2D eigenvalue weighted by Gasteiger charge is 2.17. The molecular weight excluding hydrogens is 214 g/mol. The van der Waals surface area contributed by atoms with Crippen LogP contribution in [0.2, 0.25) is 0 Å². The van der Waals surface area contributed by atoms with Crippen LogP contribution in [-0.4, -0.2) is 43.9 Å². The van der Waals surface area contributed by atoms with E-state index in [1.54, 1.807) is 6.07 Å². The highest BCUT2D eigenvalue weighted by molar-refractivity contribution is 5.86. The van der Waals surface area contributed by atoms with E-state index in [9.17, 15) is 4.79 Å². The highest BCUT2D eigenvalue weighted by atomic mass is 16.1. The molecule has 0 bridgehead atoms. The molecular formula is C13H19N3O. The van der Waals surface area contributed by atoms with Gasteiger partial charge in [-0.05, 0) is 24.7 Å². The Morgan fingerprint density at radius 1 is 1.29 bits per heavy atom. The molecule has 0 unspecified atom stereocenters. The van der Waals surface area contributed by atoms with Crippen LogP contribution in [0.25, 0.3) is 0 Å². The van der Waals surface area contributed by atoms with Crippen LogP contribution < -0.4 is 10.6 Å². The van der Waals surface area contributed by atoms with Gasteiger partial charge < -0.3 is 15.5 Å². The van der Waals surface area contributed by atoms with Gasteiger partial charge in [-0.3, -0.25) is 4.79 Å². The molecule has 2 N–H and O–H groups in total. The molecule has 1 aliphatic rings. The molecule has 0 aliphatic carbocycles. The summed E-state index contributed by atoms with van der Waals surface area (Å²) < 4.78 is 0. The van der Waals surface area contributed by atoms with Crippen LogP contribution in [-0.2, 0) is 0 Å². The topological polar surface area (TPSA) is 49.6 Å². The first kappa shape index (κ1) is 11.9. The number of hydrogen-bond donors (Lipinski definition) is 1. The van der Waals surface area contributed by atoms with E-state index in [4.69, 9.17) is 5.73 Å². The number of carbonyl (C=O) groups is 1. The molecule has 0 amide bonds. The Morgan fingerprint density at radius 3 is 2.59 bits per heavy atom. The first-order valence-electron chi connectivity index (χ1n) is 6.06. The fourth-order valence-electron chi connectivity index (χ4n) is 2.26. The molecule has 4 heteroatoms. The SMILES string of the molecule is CCN1CCN(c2ccc(N)cc2C=O)CC1. The van der Waals surface area contributed by atoms with Crippen LogP contribution in [0.4, 0.5) is 11.4 Å². The maximum atomic E-state index is 11.1. The third kappa shape index (κ3) is 2.58. The fourth-order valence-corrected chi connectivity index (χ4v) is 2.26. The van der Waals surface area contributed by atoms with Crippen molar-refractivity contribution in [3.63, 3.8) is 0 Å². The number of hydrogen-bond acceptors (Lipinski definition) is 4. The summed E-state index contributed by atoms with van der Waals surface area (Å²) >= 11 is 0. The van der Waals surface area contributed by atoms with Gasteiger partial charge in [-0.1, -0.05) is 6.92 Å². The second kappa shape index (κ2) is 5.19. The molecule has 0 saturated carbocycles. The zero-order valence-electron chi connectivity index (χ0n) is 10.2. The summed E-state index contributed by atoms with van der Waals surface area (Å²) in [7, 11) is 0. The van der Waals surface area contributed by atoms with Gasteiger partial charge in [0.15, 0.2) is 6.29 Å². The molecule has 1 aromatic carbocycles. The molecule has 0 spiro atoms. The van der Waals surface area contributed by atoms with Gasteiger partial charge in [-0.15, -0.1) is 0 Å². The van der Waals surface area contributed by atoms with Crippen LogP contribution in [0.1, 0.15) is 17.3 Å². The molecule has 0 aromatic heterocycles. The van der Waals surface area contributed by atoms with E-state index >= 15 is 0 Å². The number of nitrogens with zero attached hydrogens (tertiary/aromatic N) is 2. The number of carbonyl (C=O) groups excluding carboxylic acids is 1. The van der Waals surface area contributed by atoms with E-state index in [0.717, 1.165) is 44.7 Å². The van der Waals surface area contributed by atoms with Gasteiger partial charge in [0.1, 0.15) is 0 Å².